The van der Waals surface area contributed by atoms with Gasteiger partial charge in [-0.1, -0.05) is 0 Å². The van der Waals surface area contributed by atoms with Gasteiger partial charge in [0.1, 0.15) is 5.82 Å². The highest BCUT2D eigenvalue weighted by Crippen LogP contribution is 2.39. The summed E-state index contributed by atoms with van der Waals surface area (Å²) >= 11 is 1.44. The molecule has 0 aromatic carbocycles. The molecule has 0 unspecified atom stereocenters. The van der Waals surface area contributed by atoms with E-state index in [1.165, 1.54) is 24.4 Å². The van der Waals surface area contributed by atoms with E-state index in [0.29, 0.717) is 12.0 Å². The fourth-order valence-corrected chi connectivity index (χ4v) is 2.86. The second kappa shape index (κ2) is 4.25. The average Bonchev–Trinajstić information content (AvgIpc) is 2.87. The largest absolute Gasteiger partial charge is 0.356 e. The third-order valence-electron chi connectivity index (χ3n) is 3.35. The monoisotopic (exact) mass is 252 g/mol. The zero-order valence-corrected chi connectivity index (χ0v) is 10.7. The maximum atomic E-state index is 11.2. The smallest absolute Gasteiger partial charge is 0.219 e. The van der Waals surface area contributed by atoms with Gasteiger partial charge < -0.3 is 10.2 Å². The minimum absolute atomic E-state index is 0.158. The van der Waals surface area contributed by atoms with Crippen LogP contribution in [-0.2, 0) is 4.79 Å². The van der Waals surface area contributed by atoms with Gasteiger partial charge in [-0.2, -0.15) is 4.37 Å². The van der Waals surface area contributed by atoms with E-state index >= 15 is 0 Å². The molecule has 0 spiro atoms. The van der Waals surface area contributed by atoms with E-state index in [1.807, 2.05) is 4.90 Å². The summed E-state index contributed by atoms with van der Waals surface area (Å²) < 4.78 is 4.36. The van der Waals surface area contributed by atoms with Crippen LogP contribution in [0, 0.1) is 0 Å². The molecule has 5 nitrogen and oxygen atoms in total. The first-order chi connectivity index (χ1) is 8.22. The molecule has 1 saturated heterocycles. The summed E-state index contributed by atoms with van der Waals surface area (Å²) in [5.41, 5.74) is 0. The summed E-state index contributed by atoms with van der Waals surface area (Å²) in [6.45, 7) is 3.26. The summed E-state index contributed by atoms with van der Waals surface area (Å²) in [5, 5.41) is 4.28. The van der Waals surface area contributed by atoms with E-state index in [-0.39, 0.29) is 5.91 Å². The number of amides is 1. The number of hydrogen-bond acceptors (Lipinski definition) is 5. The lowest BCUT2D eigenvalue weighted by molar-refractivity contribution is -0.127. The highest BCUT2D eigenvalue weighted by molar-refractivity contribution is 7.09. The normalized spacial score (nSPS) is 24.1. The molecule has 92 valence electrons. The van der Waals surface area contributed by atoms with E-state index in [2.05, 4.69) is 14.7 Å². The molecule has 2 fully saturated rings. The zero-order chi connectivity index (χ0) is 11.8. The van der Waals surface area contributed by atoms with E-state index in [9.17, 15) is 4.79 Å². The van der Waals surface area contributed by atoms with Gasteiger partial charge in [-0.25, -0.2) is 4.98 Å². The summed E-state index contributed by atoms with van der Waals surface area (Å²) in [6, 6.07) is 0.332. The van der Waals surface area contributed by atoms with Gasteiger partial charge in [0.2, 0.25) is 11.0 Å². The zero-order valence-electron chi connectivity index (χ0n) is 9.85. The predicted octanol–water partition coefficient (Wildman–Crippen LogP) is 1.45. The molecule has 3 rings (SSSR count). The first kappa shape index (κ1) is 11.0. The maximum absolute atomic E-state index is 11.2. The Hall–Kier alpha value is -1.17. The molecule has 0 bridgehead atoms. The van der Waals surface area contributed by atoms with Crippen molar-refractivity contribution in [2.75, 3.05) is 18.4 Å². The van der Waals surface area contributed by atoms with Crippen LogP contribution in [0.5, 0.6) is 0 Å². The Kier molecular flexibility index (Phi) is 2.74. The number of carbonyl (C=O) groups is 1. The fourth-order valence-electron chi connectivity index (χ4n) is 2.14. The van der Waals surface area contributed by atoms with Crippen LogP contribution in [0.15, 0.2) is 0 Å². The van der Waals surface area contributed by atoms with Crippen LogP contribution in [0.25, 0.3) is 0 Å². The van der Waals surface area contributed by atoms with E-state index in [4.69, 9.17) is 0 Å². The number of hydrogen-bond donors (Lipinski definition) is 1. The van der Waals surface area contributed by atoms with Gasteiger partial charge in [-0.3, -0.25) is 4.79 Å². The maximum Gasteiger partial charge on any atom is 0.219 e. The van der Waals surface area contributed by atoms with Crippen molar-refractivity contribution in [2.45, 2.75) is 38.1 Å². The molecule has 1 N–H and O–H groups in total. The molecular weight excluding hydrogens is 236 g/mol. The Bertz CT molecular complexity index is 429. The molecule has 1 amide bonds. The summed E-state index contributed by atoms with van der Waals surface area (Å²) in [7, 11) is 0. The topological polar surface area (TPSA) is 58.1 Å². The fraction of sp³-hybridized carbons (Fsp3) is 0.727. The van der Waals surface area contributed by atoms with Crippen LogP contribution in [-0.4, -0.2) is 39.3 Å². The molecular formula is C11H16N4OS. The third kappa shape index (κ3) is 2.41. The van der Waals surface area contributed by atoms with Gasteiger partial charge in [0.25, 0.3) is 0 Å². The predicted molar refractivity (Wildman–Crippen MR) is 66.2 cm³/mol. The first-order valence-electron chi connectivity index (χ1n) is 6.08. The van der Waals surface area contributed by atoms with Crippen LogP contribution in [0.3, 0.4) is 0 Å². The third-order valence-corrected chi connectivity index (χ3v) is 4.01. The van der Waals surface area contributed by atoms with Crippen LogP contribution in [0.1, 0.15) is 37.9 Å². The Morgan fingerprint density at radius 3 is 2.94 bits per heavy atom. The number of carbonyl (C=O) groups excluding carboxylic acids is 1. The Balaban J connectivity index is 1.57. The molecule has 1 aliphatic heterocycles. The number of nitrogens with one attached hydrogen (secondary N) is 1. The van der Waals surface area contributed by atoms with Crippen LogP contribution in [0.2, 0.25) is 0 Å². The second-order valence-corrected chi connectivity index (χ2v) is 5.58. The lowest BCUT2D eigenvalue weighted by Crippen LogP contribution is -2.29. The minimum atomic E-state index is 0.158. The molecule has 2 aliphatic rings. The number of aromatic nitrogens is 2. The number of rotatable bonds is 3. The minimum Gasteiger partial charge on any atom is -0.356 e. The molecule has 1 atom stereocenters. The van der Waals surface area contributed by atoms with Crippen molar-refractivity contribution in [3.05, 3.63) is 5.82 Å². The molecule has 17 heavy (non-hydrogen) atoms. The SMILES string of the molecule is CC(=O)N1CC[C@H](Nc2nc(C3CC3)ns2)C1. The first-order valence-corrected chi connectivity index (χ1v) is 6.85. The van der Waals surface area contributed by atoms with Crippen molar-refractivity contribution in [1.82, 2.24) is 14.3 Å². The lowest BCUT2D eigenvalue weighted by Gasteiger charge is -2.14. The van der Waals surface area contributed by atoms with Gasteiger partial charge in [0.15, 0.2) is 0 Å². The highest BCUT2D eigenvalue weighted by Gasteiger charge is 2.29. The van der Waals surface area contributed by atoms with Crippen LogP contribution < -0.4 is 5.32 Å². The molecule has 6 heteroatoms. The van der Waals surface area contributed by atoms with Gasteiger partial charge in [0.05, 0.1) is 0 Å². The molecule has 1 aromatic heterocycles. The van der Waals surface area contributed by atoms with Gasteiger partial charge in [0, 0.05) is 43.5 Å². The van der Waals surface area contributed by atoms with Crippen molar-refractivity contribution >= 4 is 22.6 Å². The Morgan fingerprint density at radius 1 is 1.47 bits per heavy atom. The Morgan fingerprint density at radius 2 is 2.29 bits per heavy atom. The number of anilines is 1. The molecule has 0 radical (unpaired) electrons. The highest BCUT2D eigenvalue weighted by atomic mass is 32.1. The number of likely N-dealkylation sites (tertiary alicyclic amines) is 1. The molecule has 2 heterocycles. The second-order valence-electron chi connectivity index (χ2n) is 4.83. The van der Waals surface area contributed by atoms with Crippen LogP contribution in [0.4, 0.5) is 5.13 Å². The lowest BCUT2D eigenvalue weighted by atomic mass is 10.3. The van der Waals surface area contributed by atoms with Gasteiger partial charge in [-0.15, -0.1) is 0 Å². The van der Waals surface area contributed by atoms with E-state index in [1.54, 1.807) is 6.92 Å². The van der Waals surface area contributed by atoms with Crippen molar-refractivity contribution in [3.8, 4) is 0 Å². The van der Waals surface area contributed by atoms with Gasteiger partial charge >= 0.3 is 0 Å². The van der Waals surface area contributed by atoms with Crippen molar-refractivity contribution < 1.29 is 4.79 Å². The van der Waals surface area contributed by atoms with Gasteiger partial charge in [-0.05, 0) is 19.3 Å². The number of nitrogens with zero attached hydrogens (tertiary/aromatic N) is 3. The van der Waals surface area contributed by atoms with Crippen LogP contribution >= 0.6 is 11.5 Å². The molecule has 1 aliphatic carbocycles. The van der Waals surface area contributed by atoms with Crippen molar-refractivity contribution in [2.24, 2.45) is 0 Å². The summed E-state index contributed by atoms with van der Waals surface area (Å²) in [6.07, 6.45) is 3.47. The standard InChI is InChI=1S/C11H16N4OS/c1-7(16)15-5-4-9(6-15)12-11-13-10(14-17-11)8-2-3-8/h8-9H,2-6H2,1H3,(H,12,13,14)/t9-/m0/s1. The Labute approximate surface area is 104 Å². The van der Waals surface area contributed by atoms with Crippen molar-refractivity contribution in [1.29, 1.82) is 0 Å². The van der Waals surface area contributed by atoms with E-state index in [0.717, 1.165) is 30.5 Å². The molecule has 1 aromatic rings. The molecule has 1 saturated carbocycles. The quantitative estimate of drug-likeness (QED) is 0.884. The summed E-state index contributed by atoms with van der Waals surface area (Å²) in [4.78, 5) is 17.6. The summed E-state index contributed by atoms with van der Waals surface area (Å²) in [5.74, 6) is 1.77. The average molecular weight is 252 g/mol. The van der Waals surface area contributed by atoms with Crippen molar-refractivity contribution in [3.63, 3.8) is 0 Å². The van der Waals surface area contributed by atoms with E-state index < -0.39 is 0 Å².